The van der Waals surface area contributed by atoms with Gasteiger partial charge in [-0.05, 0) is 49.7 Å². The quantitative estimate of drug-likeness (QED) is 0.892. The first-order valence-corrected chi connectivity index (χ1v) is 8.68. The molecule has 1 spiro atoms. The van der Waals surface area contributed by atoms with Gasteiger partial charge in [-0.2, -0.15) is 5.10 Å². The predicted molar refractivity (Wildman–Crippen MR) is 91.6 cm³/mol. The number of amides is 1. The molecule has 2 aromatic rings. The third-order valence-electron chi connectivity index (χ3n) is 5.90. The first kappa shape index (κ1) is 15.4. The summed E-state index contributed by atoms with van der Waals surface area (Å²) in [5, 5.41) is 17.2. The minimum absolute atomic E-state index is 0.00555. The highest BCUT2D eigenvalue weighted by molar-refractivity contribution is 5.93. The summed E-state index contributed by atoms with van der Waals surface area (Å²) in [7, 11) is 0. The van der Waals surface area contributed by atoms with Gasteiger partial charge in [-0.25, -0.2) is 0 Å². The van der Waals surface area contributed by atoms with Crippen LogP contribution in [0, 0.1) is 12.3 Å². The van der Waals surface area contributed by atoms with Crippen molar-refractivity contribution in [2.75, 3.05) is 13.1 Å². The zero-order chi connectivity index (χ0) is 16.7. The van der Waals surface area contributed by atoms with Crippen molar-refractivity contribution < 1.29 is 9.90 Å². The fourth-order valence-corrected chi connectivity index (χ4v) is 4.02. The van der Waals surface area contributed by atoms with E-state index in [1.165, 1.54) is 0 Å². The standard InChI is InChI=1S/C19H23N3O2/c1-13-4-2-3-5-14(13)15-12-16(21-20-15)18(24)22-10-8-19(9-11-22)7-6-17(19)23/h2-5,12,17,23H,6-11H2,1H3,(H,20,21). The summed E-state index contributed by atoms with van der Waals surface area (Å²) in [5.41, 5.74) is 3.61. The number of likely N-dealkylation sites (tertiary alicyclic amines) is 1. The Morgan fingerprint density at radius 1 is 1.29 bits per heavy atom. The predicted octanol–water partition coefficient (Wildman–Crippen LogP) is 2.76. The van der Waals surface area contributed by atoms with Gasteiger partial charge in [0, 0.05) is 18.7 Å². The molecule has 1 aromatic carbocycles. The molecule has 1 aliphatic carbocycles. The molecule has 5 heteroatoms. The summed E-state index contributed by atoms with van der Waals surface area (Å²) in [5.74, 6) is 0.00555. The molecule has 5 nitrogen and oxygen atoms in total. The van der Waals surface area contributed by atoms with Gasteiger partial charge < -0.3 is 10.0 Å². The Morgan fingerprint density at radius 3 is 2.67 bits per heavy atom. The number of hydrogen-bond acceptors (Lipinski definition) is 3. The van der Waals surface area contributed by atoms with E-state index in [-0.39, 0.29) is 17.4 Å². The summed E-state index contributed by atoms with van der Waals surface area (Å²) in [4.78, 5) is 14.6. The number of aromatic amines is 1. The van der Waals surface area contributed by atoms with Crippen molar-refractivity contribution in [3.05, 3.63) is 41.6 Å². The second kappa shape index (κ2) is 5.74. The van der Waals surface area contributed by atoms with E-state index in [0.717, 1.165) is 42.5 Å². The van der Waals surface area contributed by atoms with Crippen molar-refractivity contribution in [1.82, 2.24) is 15.1 Å². The lowest BCUT2D eigenvalue weighted by Crippen LogP contribution is -2.53. The number of H-pyrrole nitrogens is 1. The van der Waals surface area contributed by atoms with E-state index in [9.17, 15) is 9.90 Å². The van der Waals surface area contributed by atoms with E-state index in [1.54, 1.807) is 0 Å². The molecule has 2 heterocycles. The summed E-state index contributed by atoms with van der Waals surface area (Å²) in [6.07, 6.45) is 3.64. The first-order valence-electron chi connectivity index (χ1n) is 8.68. The van der Waals surface area contributed by atoms with Crippen molar-refractivity contribution in [2.45, 2.75) is 38.7 Å². The lowest BCUT2D eigenvalue weighted by atomic mass is 9.61. The van der Waals surface area contributed by atoms with Gasteiger partial charge in [-0.1, -0.05) is 24.3 Å². The van der Waals surface area contributed by atoms with E-state index < -0.39 is 0 Å². The molecular formula is C19H23N3O2. The van der Waals surface area contributed by atoms with Gasteiger partial charge in [-0.15, -0.1) is 0 Å². The number of aliphatic hydroxyl groups is 1. The summed E-state index contributed by atoms with van der Waals surface area (Å²) >= 11 is 0. The van der Waals surface area contributed by atoms with Crippen LogP contribution in [0.1, 0.15) is 41.7 Å². The van der Waals surface area contributed by atoms with Crippen LogP contribution < -0.4 is 0 Å². The van der Waals surface area contributed by atoms with Crippen LogP contribution in [0.4, 0.5) is 0 Å². The average molecular weight is 325 g/mol. The molecular weight excluding hydrogens is 302 g/mol. The number of aromatic nitrogens is 2. The largest absolute Gasteiger partial charge is 0.393 e. The highest BCUT2D eigenvalue weighted by atomic mass is 16.3. The summed E-state index contributed by atoms with van der Waals surface area (Å²) in [6, 6.07) is 9.87. The third-order valence-corrected chi connectivity index (χ3v) is 5.90. The topological polar surface area (TPSA) is 69.2 Å². The van der Waals surface area contributed by atoms with Gasteiger partial charge in [0.15, 0.2) is 0 Å². The van der Waals surface area contributed by atoms with E-state index in [0.29, 0.717) is 18.8 Å². The summed E-state index contributed by atoms with van der Waals surface area (Å²) < 4.78 is 0. The van der Waals surface area contributed by atoms with E-state index in [2.05, 4.69) is 10.2 Å². The maximum absolute atomic E-state index is 12.7. The maximum Gasteiger partial charge on any atom is 0.271 e. The van der Waals surface area contributed by atoms with E-state index >= 15 is 0 Å². The van der Waals surface area contributed by atoms with Crippen LogP contribution in [0.5, 0.6) is 0 Å². The molecule has 4 rings (SSSR count). The Morgan fingerprint density at radius 2 is 2.04 bits per heavy atom. The highest BCUT2D eigenvalue weighted by Crippen LogP contribution is 2.49. The number of nitrogens with one attached hydrogen (secondary N) is 1. The zero-order valence-electron chi connectivity index (χ0n) is 14.0. The van der Waals surface area contributed by atoms with Gasteiger partial charge in [-0.3, -0.25) is 9.89 Å². The van der Waals surface area contributed by atoms with Crippen LogP contribution in [-0.2, 0) is 0 Å². The molecule has 1 saturated carbocycles. The van der Waals surface area contributed by atoms with Crippen LogP contribution in [0.3, 0.4) is 0 Å². The molecule has 0 radical (unpaired) electrons. The fourth-order valence-electron chi connectivity index (χ4n) is 4.02. The Labute approximate surface area is 141 Å². The number of hydrogen-bond donors (Lipinski definition) is 2. The maximum atomic E-state index is 12.7. The Bertz CT molecular complexity index is 759. The molecule has 1 aliphatic heterocycles. The number of rotatable bonds is 2. The highest BCUT2D eigenvalue weighted by Gasteiger charge is 2.47. The van der Waals surface area contributed by atoms with Crippen molar-refractivity contribution >= 4 is 5.91 Å². The van der Waals surface area contributed by atoms with Crippen molar-refractivity contribution in [3.8, 4) is 11.3 Å². The van der Waals surface area contributed by atoms with Crippen LogP contribution in [0.15, 0.2) is 30.3 Å². The van der Waals surface area contributed by atoms with Gasteiger partial charge in [0.2, 0.25) is 0 Å². The molecule has 126 valence electrons. The number of benzene rings is 1. The third kappa shape index (κ3) is 2.44. The van der Waals surface area contributed by atoms with Crippen molar-refractivity contribution in [3.63, 3.8) is 0 Å². The van der Waals surface area contributed by atoms with E-state index in [4.69, 9.17) is 0 Å². The molecule has 1 atom stereocenters. The number of carbonyl (C=O) groups excluding carboxylic acids is 1. The van der Waals surface area contributed by atoms with Crippen LogP contribution in [0.25, 0.3) is 11.3 Å². The Hall–Kier alpha value is -2.14. The second-order valence-electron chi connectivity index (χ2n) is 7.19. The van der Waals surface area contributed by atoms with Gasteiger partial charge in [0.25, 0.3) is 5.91 Å². The number of carbonyl (C=O) groups is 1. The molecule has 0 bridgehead atoms. The number of nitrogens with zero attached hydrogens (tertiary/aromatic N) is 2. The minimum atomic E-state index is -0.172. The minimum Gasteiger partial charge on any atom is -0.393 e. The fraction of sp³-hybridized carbons (Fsp3) is 0.474. The normalized spacial score (nSPS) is 22.4. The molecule has 2 fully saturated rings. The van der Waals surface area contributed by atoms with Gasteiger partial charge in [0.05, 0.1) is 11.8 Å². The zero-order valence-corrected chi connectivity index (χ0v) is 14.0. The number of piperidine rings is 1. The second-order valence-corrected chi connectivity index (χ2v) is 7.19. The van der Waals surface area contributed by atoms with Gasteiger partial charge in [0.1, 0.15) is 5.69 Å². The average Bonchev–Trinajstić information content (AvgIpc) is 3.10. The lowest BCUT2D eigenvalue weighted by Gasteiger charge is -2.51. The molecule has 1 aromatic heterocycles. The molecule has 1 unspecified atom stereocenters. The SMILES string of the molecule is Cc1ccccc1-c1cc(C(=O)N2CCC3(CCC3O)CC2)[nH]n1. The van der Waals surface area contributed by atoms with E-state index in [1.807, 2.05) is 42.2 Å². The van der Waals surface area contributed by atoms with Crippen molar-refractivity contribution in [2.24, 2.45) is 5.41 Å². The Balaban J connectivity index is 1.47. The van der Waals surface area contributed by atoms with Gasteiger partial charge >= 0.3 is 0 Å². The molecule has 1 amide bonds. The Kier molecular flexibility index (Phi) is 3.68. The molecule has 2 N–H and O–H groups in total. The lowest BCUT2D eigenvalue weighted by molar-refractivity contribution is -0.0952. The first-order chi connectivity index (χ1) is 11.6. The molecule has 1 saturated heterocycles. The van der Waals surface area contributed by atoms with Crippen LogP contribution in [0.2, 0.25) is 0 Å². The number of aryl methyl sites for hydroxylation is 1. The smallest absolute Gasteiger partial charge is 0.271 e. The van der Waals surface area contributed by atoms with Crippen LogP contribution >= 0.6 is 0 Å². The molecule has 24 heavy (non-hydrogen) atoms. The summed E-state index contributed by atoms with van der Waals surface area (Å²) in [6.45, 7) is 3.47. The monoisotopic (exact) mass is 325 g/mol. The molecule has 2 aliphatic rings. The van der Waals surface area contributed by atoms with Crippen molar-refractivity contribution in [1.29, 1.82) is 0 Å². The number of aliphatic hydroxyl groups excluding tert-OH is 1. The van der Waals surface area contributed by atoms with Crippen LogP contribution in [-0.4, -0.2) is 45.3 Å².